The van der Waals surface area contributed by atoms with Crippen molar-refractivity contribution in [1.29, 1.82) is 0 Å². The lowest BCUT2D eigenvalue weighted by molar-refractivity contribution is 0.0704. The third-order valence-electron chi connectivity index (χ3n) is 3.75. The predicted molar refractivity (Wildman–Crippen MR) is 69.8 cm³/mol. The molecule has 3 rings (SSSR count). The van der Waals surface area contributed by atoms with Gasteiger partial charge in [0.1, 0.15) is 6.26 Å². The van der Waals surface area contributed by atoms with Gasteiger partial charge in [-0.2, -0.15) is 0 Å². The van der Waals surface area contributed by atoms with Crippen molar-refractivity contribution in [1.82, 2.24) is 14.5 Å². The molecule has 5 heteroatoms. The standard InChI is InChI=1S/C14H17N3O2/c1-16-10-15-7-13(16)11-3-2-5-17(8-11)14(18)12-4-6-19-9-12/h4,6-7,9-11H,2-3,5,8H2,1H3. The molecule has 0 bridgehead atoms. The molecule has 1 saturated heterocycles. The van der Waals surface area contributed by atoms with E-state index in [1.54, 1.807) is 6.07 Å². The number of carbonyl (C=O) groups is 1. The van der Waals surface area contributed by atoms with Crippen LogP contribution in [0.2, 0.25) is 0 Å². The smallest absolute Gasteiger partial charge is 0.257 e. The van der Waals surface area contributed by atoms with Crippen LogP contribution in [0, 0.1) is 0 Å². The van der Waals surface area contributed by atoms with E-state index in [4.69, 9.17) is 4.42 Å². The summed E-state index contributed by atoms with van der Waals surface area (Å²) in [5.41, 5.74) is 1.83. The van der Waals surface area contributed by atoms with Gasteiger partial charge < -0.3 is 13.9 Å². The highest BCUT2D eigenvalue weighted by Crippen LogP contribution is 2.27. The number of furan rings is 1. The van der Waals surface area contributed by atoms with Crippen molar-refractivity contribution in [3.8, 4) is 0 Å². The van der Waals surface area contributed by atoms with Crippen LogP contribution in [0.3, 0.4) is 0 Å². The largest absolute Gasteiger partial charge is 0.472 e. The number of likely N-dealkylation sites (tertiary alicyclic amines) is 1. The molecule has 3 heterocycles. The molecule has 2 aromatic heterocycles. The van der Waals surface area contributed by atoms with Crippen molar-refractivity contribution in [2.24, 2.45) is 7.05 Å². The van der Waals surface area contributed by atoms with Gasteiger partial charge in [0.15, 0.2) is 0 Å². The van der Waals surface area contributed by atoms with Crippen LogP contribution in [0.15, 0.2) is 35.5 Å². The number of hydrogen-bond donors (Lipinski definition) is 0. The number of aryl methyl sites for hydroxylation is 1. The summed E-state index contributed by atoms with van der Waals surface area (Å²) in [6, 6.07) is 1.72. The molecule has 0 aliphatic carbocycles. The zero-order chi connectivity index (χ0) is 13.2. The fraction of sp³-hybridized carbons (Fsp3) is 0.429. The summed E-state index contributed by atoms with van der Waals surface area (Å²) < 4.78 is 7.02. The Bertz CT molecular complexity index is 559. The molecule has 1 unspecified atom stereocenters. The summed E-state index contributed by atoms with van der Waals surface area (Å²) in [6.45, 7) is 1.57. The number of aromatic nitrogens is 2. The van der Waals surface area contributed by atoms with Crippen molar-refractivity contribution < 1.29 is 9.21 Å². The number of imidazole rings is 1. The molecule has 0 radical (unpaired) electrons. The highest BCUT2D eigenvalue weighted by molar-refractivity contribution is 5.93. The van der Waals surface area contributed by atoms with Crippen LogP contribution < -0.4 is 0 Å². The summed E-state index contributed by atoms with van der Waals surface area (Å²) in [7, 11) is 2.00. The molecular formula is C14H17N3O2. The summed E-state index contributed by atoms with van der Waals surface area (Å²) >= 11 is 0. The zero-order valence-corrected chi connectivity index (χ0v) is 11.0. The van der Waals surface area contributed by atoms with Crippen LogP contribution in [0.1, 0.15) is 34.8 Å². The van der Waals surface area contributed by atoms with Gasteiger partial charge in [-0.05, 0) is 18.9 Å². The molecule has 1 amide bonds. The van der Waals surface area contributed by atoms with E-state index >= 15 is 0 Å². The fourth-order valence-corrected chi connectivity index (χ4v) is 2.73. The molecule has 1 fully saturated rings. The summed E-state index contributed by atoms with van der Waals surface area (Å²) in [6.07, 6.45) is 8.89. The number of nitrogens with zero attached hydrogens (tertiary/aromatic N) is 3. The Balaban J connectivity index is 1.75. The minimum atomic E-state index is 0.0561. The number of rotatable bonds is 2. The lowest BCUT2D eigenvalue weighted by atomic mass is 9.94. The maximum Gasteiger partial charge on any atom is 0.257 e. The van der Waals surface area contributed by atoms with Gasteiger partial charge in [-0.25, -0.2) is 4.98 Å². The molecular weight excluding hydrogens is 242 g/mol. The van der Waals surface area contributed by atoms with Crippen molar-refractivity contribution >= 4 is 5.91 Å². The quantitative estimate of drug-likeness (QED) is 0.829. The summed E-state index contributed by atoms with van der Waals surface area (Å²) in [5.74, 6) is 0.428. The second kappa shape index (κ2) is 4.91. The van der Waals surface area contributed by atoms with E-state index in [0.717, 1.165) is 25.9 Å². The minimum absolute atomic E-state index is 0.0561. The Morgan fingerprint density at radius 1 is 1.53 bits per heavy atom. The van der Waals surface area contributed by atoms with E-state index in [1.807, 2.05) is 29.0 Å². The number of amides is 1. The van der Waals surface area contributed by atoms with E-state index in [-0.39, 0.29) is 5.91 Å². The molecule has 5 nitrogen and oxygen atoms in total. The molecule has 1 aliphatic rings. The van der Waals surface area contributed by atoms with Gasteiger partial charge >= 0.3 is 0 Å². The van der Waals surface area contributed by atoms with Gasteiger partial charge in [0.25, 0.3) is 5.91 Å². The molecule has 0 N–H and O–H groups in total. The minimum Gasteiger partial charge on any atom is -0.472 e. The average molecular weight is 259 g/mol. The number of carbonyl (C=O) groups excluding carboxylic acids is 1. The monoisotopic (exact) mass is 259 g/mol. The molecule has 1 aliphatic heterocycles. The second-order valence-electron chi connectivity index (χ2n) is 5.03. The van der Waals surface area contributed by atoms with Gasteiger partial charge in [0.2, 0.25) is 0 Å². The zero-order valence-electron chi connectivity index (χ0n) is 11.0. The van der Waals surface area contributed by atoms with E-state index in [1.165, 1.54) is 18.2 Å². The Morgan fingerprint density at radius 3 is 3.11 bits per heavy atom. The van der Waals surface area contributed by atoms with Crippen LogP contribution in [0.4, 0.5) is 0 Å². The lowest BCUT2D eigenvalue weighted by Gasteiger charge is -2.32. The average Bonchev–Trinajstić information content (AvgIpc) is 3.09. The van der Waals surface area contributed by atoms with Gasteiger partial charge in [-0.15, -0.1) is 0 Å². The number of piperidine rings is 1. The highest BCUT2D eigenvalue weighted by Gasteiger charge is 2.27. The molecule has 1 atom stereocenters. The van der Waals surface area contributed by atoms with Gasteiger partial charge in [0, 0.05) is 37.9 Å². The lowest BCUT2D eigenvalue weighted by Crippen LogP contribution is -2.39. The van der Waals surface area contributed by atoms with Crippen molar-refractivity contribution in [3.63, 3.8) is 0 Å². The SMILES string of the molecule is Cn1cncc1C1CCCN(C(=O)c2ccoc2)C1. The van der Waals surface area contributed by atoms with Crippen LogP contribution in [-0.2, 0) is 7.05 Å². The van der Waals surface area contributed by atoms with Crippen molar-refractivity contribution in [2.45, 2.75) is 18.8 Å². The van der Waals surface area contributed by atoms with Crippen molar-refractivity contribution in [3.05, 3.63) is 42.4 Å². The first-order valence-corrected chi connectivity index (χ1v) is 6.53. The number of hydrogen-bond acceptors (Lipinski definition) is 3. The van der Waals surface area contributed by atoms with Crippen LogP contribution in [-0.4, -0.2) is 33.4 Å². The Morgan fingerprint density at radius 2 is 2.42 bits per heavy atom. The van der Waals surface area contributed by atoms with E-state index in [2.05, 4.69) is 4.98 Å². The Kier molecular flexibility index (Phi) is 3.11. The van der Waals surface area contributed by atoms with E-state index < -0.39 is 0 Å². The predicted octanol–water partition coefficient (Wildman–Crippen LogP) is 2.03. The maximum absolute atomic E-state index is 12.3. The van der Waals surface area contributed by atoms with Gasteiger partial charge in [0.05, 0.1) is 18.2 Å². The topological polar surface area (TPSA) is 51.3 Å². The highest BCUT2D eigenvalue weighted by atomic mass is 16.3. The normalized spacial score (nSPS) is 19.6. The molecule has 0 spiro atoms. The molecule has 100 valence electrons. The third kappa shape index (κ3) is 2.28. The molecule has 0 saturated carbocycles. The summed E-state index contributed by atoms with van der Waals surface area (Å²) in [5, 5.41) is 0. The van der Waals surface area contributed by atoms with Gasteiger partial charge in [-0.3, -0.25) is 4.79 Å². The second-order valence-corrected chi connectivity index (χ2v) is 5.03. The molecule has 19 heavy (non-hydrogen) atoms. The van der Waals surface area contributed by atoms with Crippen LogP contribution in [0.5, 0.6) is 0 Å². The van der Waals surface area contributed by atoms with E-state index in [0.29, 0.717) is 11.5 Å². The van der Waals surface area contributed by atoms with Crippen LogP contribution in [0.25, 0.3) is 0 Å². The van der Waals surface area contributed by atoms with Crippen molar-refractivity contribution in [2.75, 3.05) is 13.1 Å². The first-order valence-electron chi connectivity index (χ1n) is 6.53. The maximum atomic E-state index is 12.3. The summed E-state index contributed by atoms with van der Waals surface area (Å²) in [4.78, 5) is 18.4. The van der Waals surface area contributed by atoms with Crippen LogP contribution >= 0.6 is 0 Å². The van der Waals surface area contributed by atoms with E-state index in [9.17, 15) is 4.79 Å². The molecule has 2 aromatic rings. The fourth-order valence-electron chi connectivity index (χ4n) is 2.73. The molecule has 0 aromatic carbocycles. The first-order chi connectivity index (χ1) is 9.25. The Labute approximate surface area is 111 Å². The first kappa shape index (κ1) is 12.0. The Hall–Kier alpha value is -2.04. The third-order valence-corrected chi connectivity index (χ3v) is 3.75. The van der Waals surface area contributed by atoms with Gasteiger partial charge in [-0.1, -0.05) is 0 Å².